The molecule has 0 aliphatic heterocycles. The van der Waals surface area contributed by atoms with E-state index in [1.54, 1.807) is 7.05 Å². The second-order valence-corrected chi connectivity index (χ2v) is 7.80. The standard InChI is InChI=1S/C13H23N5O2S/c1-17(2)13(6-4-7-13)10-18(3)21(19,20)11-5-8-15-12(9-11)16-14/h5,8-9H,4,6-7,10,14H2,1-3H3,(H,15,16). The summed E-state index contributed by atoms with van der Waals surface area (Å²) in [5, 5.41) is 0. The van der Waals surface area contributed by atoms with Crippen LogP contribution in [0.2, 0.25) is 0 Å². The maximum absolute atomic E-state index is 12.7. The molecule has 1 aromatic rings. The van der Waals surface area contributed by atoms with E-state index in [-0.39, 0.29) is 10.4 Å². The lowest BCUT2D eigenvalue weighted by molar-refractivity contribution is 0.0455. The number of nitrogens with zero attached hydrogens (tertiary/aromatic N) is 3. The average Bonchev–Trinajstić information content (AvgIpc) is 2.42. The van der Waals surface area contributed by atoms with Crippen molar-refractivity contribution in [1.29, 1.82) is 0 Å². The number of nitrogen functional groups attached to an aromatic ring is 1. The SMILES string of the molecule is CN(C)C1(CN(C)S(=O)(=O)c2ccnc(NN)c2)CCC1. The highest BCUT2D eigenvalue weighted by molar-refractivity contribution is 7.89. The normalized spacial score (nSPS) is 17.8. The number of pyridine rings is 1. The van der Waals surface area contributed by atoms with Gasteiger partial charge >= 0.3 is 0 Å². The van der Waals surface area contributed by atoms with E-state index in [4.69, 9.17) is 5.84 Å². The van der Waals surface area contributed by atoms with Gasteiger partial charge in [0.05, 0.1) is 4.90 Å². The lowest BCUT2D eigenvalue weighted by Gasteiger charge is -2.48. The minimum atomic E-state index is -3.54. The molecule has 3 N–H and O–H groups in total. The molecule has 21 heavy (non-hydrogen) atoms. The zero-order chi connectivity index (χ0) is 15.7. The van der Waals surface area contributed by atoms with Gasteiger partial charge in [-0.2, -0.15) is 4.31 Å². The van der Waals surface area contributed by atoms with Gasteiger partial charge < -0.3 is 10.3 Å². The van der Waals surface area contributed by atoms with E-state index < -0.39 is 10.0 Å². The Labute approximate surface area is 126 Å². The number of hydrazine groups is 1. The summed E-state index contributed by atoms with van der Waals surface area (Å²) in [6.07, 6.45) is 4.61. The van der Waals surface area contributed by atoms with Crippen LogP contribution in [-0.2, 0) is 10.0 Å². The molecule has 1 aliphatic carbocycles. The van der Waals surface area contributed by atoms with Crippen LogP contribution in [0.25, 0.3) is 0 Å². The van der Waals surface area contributed by atoms with Crippen LogP contribution in [0.3, 0.4) is 0 Å². The molecule has 1 fully saturated rings. The highest BCUT2D eigenvalue weighted by Crippen LogP contribution is 2.37. The quantitative estimate of drug-likeness (QED) is 0.586. The molecule has 0 spiro atoms. The number of hydrogen-bond donors (Lipinski definition) is 2. The molecule has 1 aromatic heterocycles. The molecule has 7 nitrogen and oxygen atoms in total. The van der Waals surface area contributed by atoms with Gasteiger partial charge in [0.1, 0.15) is 5.82 Å². The van der Waals surface area contributed by atoms with Crippen LogP contribution in [0.4, 0.5) is 5.82 Å². The zero-order valence-electron chi connectivity index (χ0n) is 12.7. The van der Waals surface area contributed by atoms with Crippen molar-refractivity contribution in [1.82, 2.24) is 14.2 Å². The van der Waals surface area contributed by atoms with Crippen molar-refractivity contribution < 1.29 is 8.42 Å². The Hall–Kier alpha value is -1.22. The van der Waals surface area contributed by atoms with Gasteiger partial charge in [0.15, 0.2) is 0 Å². The number of aromatic nitrogens is 1. The summed E-state index contributed by atoms with van der Waals surface area (Å²) in [5.41, 5.74) is 2.31. The molecule has 1 aliphatic rings. The highest BCUT2D eigenvalue weighted by atomic mass is 32.2. The Kier molecular flexibility index (Phi) is 4.52. The third kappa shape index (κ3) is 3.03. The van der Waals surface area contributed by atoms with Gasteiger partial charge in [-0.1, -0.05) is 0 Å². The minimum absolute atomic E-state index is 0.0518. The van der Waals surface area contributed by atoms with Crippen molar-refractivity contribution in [2.45, 2.75) is 29.7 Å². The van der Waals surface area contributed by atoms with Gasteiger partial charge in [-0.05, 0) is 39.4 Å². The van der Waals surface area contributed by atoms with Crippen LogP contribution in [0.5, 0.6) is 0 Å². The molecule has 118 valence electrons. The van der Waals surface area contributed by atoms with Gasteiger partial charge in [-0.3, -0.25) is 0 Å². The van der Waals surface area contributed by atoms with Gasteiger partial charge in [-0.25, -0.2) is 19.2 Å². The van der Waals surface area contributed by atoms with Gasteiger partial charge in [0.25, 0.3) is 0 Å². The molecule has 0 atom stereocenters. The fourth-order valence-corrected chi connectivity index (χ4v) is 3.93. The van der Waals surface area contributed by atoms with Crippen molar-refractivity contribution >= 4 is 15.8 Å². The van der Waals surface area contributed by atoms with Crippen LogP contribution in [0, 0.1) is 0 Å². The molecule has 0 unspecified atom stereocenters. The third-order valence-corrected chi connectivity index (χ3v) is 6.14. The molecule has 0 amide bonds. The molecular weight excluding hydrogens is 290 g/mol. The fraction of sp³-hybridized carbons (Fsp3) is 0.615. The topological polar surface area (TPSA) is 91.6 Å². The zero-order valence-corrected chi connectivity index (χ0v) is 13.5. The van der Waals surface area contributed by atoms with Crippen LogP contribution in [0.1, 0.15) is 19.3 Å². The predicted molar refractivity (Wildman–Crippen MR) is 82.1 cm³/mol. The van der Waals surface area contributed by atoms with Gasteiger partial charge in [0, 0.05) is 31.4 Å². The van der Waals surface area contributed by atoms with Crippen molar-refractivity contribution in [3.8, 4) is 0 Å². The first-order valence-corrected chi connectivity index (χ1v) is 8.32. The first-order valence-electron chi connectivity index (χ1n) is 6.88. The van der Waals surface area contributed by atoms with E-state index in [1.165, 1.54) is 22.6 Å². The first-order chi connectivity index (χ1) is 9.82. The van der Waals surface area contributed by atoms with E-state index in [0.29, 0.717) is 12.4 Å². The molecular formula is C13H23N5O2S. The maximum Gasteiger partial charge on any atom is 0.243 e. The summed E-state index contributed by atoms with van der Waals surface area (Å²) in [6, 6.07) is 2.92. The van der Waals surface area contributed by atoms with E-state index in [1.807, 2.05) is 14.1 Å². The van der Waals surface area contributed by atoms with E-state index in [9.17, 15) is 8.42 Å². The van der Waals surface area contributed by atoms with Crippen LogP contribution < -0.4 is 11.3 Å². The van der Waals surface area contributed by atoms with Crippen molar-refractivity contribution in [3.05, 3.63) is 18.3 Å². The molecule has 8 heteroatoms. The fourth-order valence-electron chi connectivity index (χ4n) is 2.66. The second kappa shape index (κ2) is 5.88. The Morgan fingerprint density at radius 2 is 2.05 bits per heavy atom. The molecule has 1 saturated carbocycles. The van der Waals surface area contributed by atoms with E-state index >= 15 is 0 Å². The van der Waals surface area contributed by atoms with Gasteiger partial charge in [-0.15, -0.1) is 0 Å². The molecule has 0 saturated heterocycles. The number of nitrogens with one attached hydrogen (secondary N) is 1. The van der Waals surface area contributed by atoms with Gasteiger partial charge in [0.2, 0.25) is 10.0 Å². The number of rotatable bonds is 6. The Morgan fingerprint density at radius 1 is 1.38 bits per heavy atom. The summed E-state index contributed by atoms with van der Waals surface area (Å²) in [7, 11) is 2.08. The summed E-state index contributed by atoms with van der Waals surface area (Å²) >= 11 is 0. The number of hydrogen-bond acceptors (Lipinski definition) is 6. The van der Waals surface area contributed by atoms with E-state index in [0.717, 1.165) is 19.3 Å². The summed E-state index contributed by atoms with van der Waals surface area (Å²) < 4.78 is 26.7. The van der Waals surface area contributed by atoms with Crippen molar-refractivity contribution in [2.24, 2.45) is 5.84 Å². The largest absolute Gasteiger partial charge is 0.308 e. The Bertz CT molecular complexity index is 598. The Balaban J connectivity index is 2.22. The molecule has 1 heterocycles. The Morgan fingerprint density at radius 3 is 2.52 bits per heavy atom. The summed E-state index contributed by atoms with van der Waals surface area (Å²) in [4.78, 5) is 6.26. The third-order valence-electron chi connectivity index (χ3n) is 4.34. The van der Waals surface area contributed by atoms with E-state index in [2.05, 4.69) is 15.3 Å². The number of anilines is 1. The van der Waals surface area contributed by atoms with Crippen molar-refractivity contribution in [3.63, 3.8) is 0 Å². The number of nitrogens with two attached hydrogens (primary N) is 1. The summed E-state index contributed by atoms with van der Waals surface area (Å²) in [5.74, 6) is 5.61. The average molecular weight is 313 g/mol. The molecule has 0 radical (unpaired) electrons. The molecule has 0 aromatic carbocycles. The predicted octanol–water partition coefficient (Wildman–Crippen LogP) is 0.472. The molecule has 2 rings (SSSR count). The maximum atomic E-state index is 12.7. The lowest BCUT2D eigenvalue weighted by Crippen LogP contribution is -2.57. The number of likely N-dealkylation sites (N-methyl/N-ethyl adjacent to an activating group) is 2. The van der Waals surface area contributed by atoms with Crippen LogP contribution in [-0.4, -0.2) is 55.8 Å². The smallest absolute Gasteiger partial charge is 0.243 e. The second-order valence-electron chi connectivity index (χ2n) is 5.75. The van der Waals surface area contributed by atoms with Crippen LogP contribution >= 0.6 is 0 Å². The van der Waals surface area contributed by atoms with Crippen molar-refractivity contribution in [2.75, 3.05) is 33.1 Å². The first kappa shape index (κ1) is 16.2. The van der Waals surface area contributed by atoms with Crippen LogP contribution in [0.15, 0.2) is 23.2 Å². The summed E-state index contributed by atoms with van der Waals surface area (Å²) in [6.45, 7) is 0.482. The minimum Gasteiger partial charge on any atom is -0.308 e. The lowest BCUT2D eigenvalue weighted by atomic mass is 9.75. The monoisotopic (exact) mass is 313 g/mol. The molecule has 0 bridgehead atoms. The number of sulfonamides is 1. The highest BCUT2D eigenvalue weighted by Gasteiger charge is 2.42.